The van der Waals surface area contributed by atoms with Crippen LogP contribution in [0.25, 0.3) is 22.2 Å². The summed E-state index contributed by atoms with van der Waals surface area (Å²) in [5, 5.41) is 8.23. The van der Waals surface area contributed by atoms with Gasteiger partial charge in [-0.1, -0.05) is 13.3 Å². The van der Waals surface area contributed by atoms with Gasteiger partial charge in [-0.05, 0) is 36.8 Å². The molecule has 0 aliphatic carbocycles. The van der Waals surface area contributed by atoms with Gasteiger partial charge in [-0.2, -0.15) is 5.10 Å². The van der Waals surface area contributed by atoms with Gasteiger partial charge in [0.2, 0.25) is 5.91 Å². The van der Waals surface area contributed by atoms with Crippen LogP contribution < -0.4 is 5.73 Å². The maximum atomic E-state index is 11.3. The molecule has 2 aromatic heterocycles. The molecule has 0 bridgehead atoms. The molecule has 0 saturated heterocycles. The minimum Gasteiger partial charge on any atom is -0.366 e. The summed E-state index contributed by atoms with van der Waals surface area (Å²) in [7, 11) is 0. The fourth-order valence-corrected chi connectivity index (χ4v) is 2.41. The molecule has 3 rings (SSSR count). The van der Waals surface area contributed by atoms with E-state index in [1.54, 1.807) is 18.3 Å². The molecule has 3 N–H and O–H groups in total. The number of rotatable bonds is 4. The van der Waals surface area contributed by atoms with Gasteiger partial charge < -0.3 is 5.73 Å². The third-order valence-electron chi connectivity index (χ3n) is 3.44. The molecular weight excluding hydrogens is 264 g/mol. The molecule has 0 saturated carbocycles. The second kappa shape index (κ2) is 5.36. The Kier molecular flexibility index (Phi) is 3.39. The maximum absolute atomic E-state index is 11.3. The Morgan fingerprint density at radius 2 is 2.14 bits per heavy atom. The number of primary amides is 1. The summed E-state index contributed by atoms with van der Waals surface area (Å²) in [5.74, 6) is -0.439. The number of aromatic amines is 1. The number of aromatic nitrogens is 3. The number of benzene rings is 1. The first-order valence-electron chi connectivity index (χ1n) is 6.92. The Hall–Kier alpha value is -2.69. The van der Waals surface area contributed by atoms with E-state index in [-0.39, 0.29) is 0 Å². The Morgan fingerprint density at radius 3 is 2.90 bits per heavy atom. The zero-order valence-corrected chi connectivity index (χ0v) is 11.8. The highest BCUT2D eigenvalue weighted by atomic mass is 16.1. The van der Waals surface area contributed by atoms with Crippen molar-refractivity contribution in [3.8, 4) is 11.3 Å². The molecule has 21 heavy (non-hydrogen) atoms. The molecule has 0 fully saturated rings. The predicted octanol–water partition coefficient (Wildman–Crippen LogP) is 2.68. The second-order valence-corrected chi connectivity index (χ2v) is 4.98. The van der Waals surface area contributed by atoms with Crippen molar-refractivity contribution in [3.05, 3.63) is 47.8 Å². The number of pyridine rings is 1. The molecule has 0 aliphatic heterocycles. The van der Waals surface area contributed by atoms with Crippen molar-refractivity contribution in [2.45, 2.75) is 19.8 Å². The van der Waals surface area contributed by atoms with Crippen molar-refractivity contribution in [2.24, 2.45) is 5.73 Å². The Balaban J connectivity index is 2.13. The first-order chi connectivity index (χ1) is 10.2. The molecule has 0 unspecified atom stereocenters. The number of nitrogens with zero attached hydrogens (tertiary/aromatic N) is 2. The van der Waals surface area contributed by atoms with Crippen LogP contribution in [0.15, 0.2) is 36.5 Å². The van der Waals surface area contributed by atoms with E-state index in [0.29, 0.717) is 5.56 Å². The summed E-state index contributed by atoms with van der Waals surface area (Å²) in [4.78, 5) is 15.7. The number of hydrogen-bond acceptors (Lipinski definition) is 3. The average molecular weight is 280 g/mol. The maximum Gasteiger partial charge on any atom is 0.248 e. The Labute approximate surface area is 122 Å². The minimum atomic E-state index is -0.439. The number of H-pyrrole nitrogens is 1. The largest absolute Gasteiger partial charge is 0.366 e. The highest BCUT2D eigenvalue weighted by Gasteiger charge is 2.11. The van der Waals surface area contributed by atoms with E-state index in [0.717, 1.165) is 40.7 Å². The van der Waals surface area contributed by atoms with Gasteiger partial charge >= 0.3 is 0 Å². The summed E-state index contributed by atoms with van der Waals surface area (Å²) in [5.41, 5.74) is 9.54. The van der Waals surface area contributed by atoms with Gasteiger partial charge in [0, 0.05) is 28.4 Å². The normalized spacial score (nSPS) is 10.9. The number of nitrogens with one attached hydrogen (secondary N) is 1. The lowest BCUT2D eigenvalue weighted by Gasteiger charge is -2.02. The molecule has 5 heteroatoms. The number of aryl methyl sites for hydroxylation is 1. The highest BCUT2D eigenvalue weighted by Crippen LogP contribution is 2.27. The van der Waals surface area contributed by atoms with Crippen LogP contribution in [-0.2, 0) is 6.42 Å². The van der Waals surface area contributed by atoms with Crippen molar-refractivity contribution >= 4 is 16.8 Å². The van der Waals surface area contributed by atoms with Crippen molar-refractivity contribution in [2.75, 3.05) is 0 Å². The van der Waals surface area contributed by atoms with Gasteiger partial charge in [-0.3, -0.25) is 14.9 Å². The van der Waals surface area contributed by atoms with Crippen molar-refractivity contribution in [1.82, 2.24) is 15.2 Å². The molecule has 5 nitrogen and oxygen atoms in total. The van der Waals surface area contributed by atoms with Gasteiger partial charge in [0.1, 0.15) is 5.69 Å². The van der Waals surface area contributed by atoms with Gasteiger partial charge in [-0.25, -0.2) is 0 Å². The van der Waals surface area contributed by atoms with Gasteiger partial charge in [0.15, 0.2) is 0 Å². The van der Waals surface area contributed by atoms with Crippen molar-refractivity contribution in [3.63, 3.8) is 0 Å². The molecule has 2 heterocycles. The van der Waals surface area contributed by atoms with Crippen LogP contribution in [0, 0.1) is 0 Å². The number of amides is 1. The monoisotopic (exact) mass is 280 g/mol. The molecule has 106 valence electrons. The van der Waals surface area contributed by atoms with Gasteiger partial charge in [-0.15, -0.1) is 0 Å². The molecule has 0 aliphatic rings. The van der Waals surface area contributed by atoms with E-state index >= 15 is 0 Å². The zero-order valence-electron chi connectivity index (χ0n) is 11.8. The lowest BCUT2D eigenvalue weighted by molar-refractivity contribution is 0.100. The SMILES string of the molecule is CCCc1cc(-c2n[nH]c3ccc(C(N)=O)cc23)ccn1. The quantitative estimate of drug-likeness (QED) is 0.770. The highest BCUT2D eigenvalue weighted by molar-refractivity contribution is 6.00. The molecule has 3 aromatic rings. The Morgan fingerprint density at radius 1 is 1.29 bits per heavy atom. The van der Waals surface area contributed by atoms with Crippen LogP contribution >= 0.6 is 0 Å². The summed E-state index contributed by atoms with van der Waals surface area (Å²) < 4.78 is 0. The Bertz CT molecular complexity index is 807. The fraction of sp³-hybridized carbons (Fsp3) is 0.188. The topological polar surface area (TPSA) is 84.7 Å². The van der Waals surface area contributed by atoms with E-state index < -0.39 is 5.91 Å². The summed E-state index contributed by atoms with van der Waals surface area (Å²) in [6.45, 7) is 2.12. The van der Waals surface area contributed by atoms with E-state index in [4.69, 9.17) is 5.73 Å². The van der Waals surface area contributed by atoms with Crippen LogP contribution in [0.4, 0.5) is 0 Å². The van der Waals surface area contributed by atoms with Crippen molar-refractivity contribution in [1.29, 1.82) is 0 Å². The first kappa shape index (κ1) is 13.3. The number of fused-ring (bicyclic) bond motifs is 1. The predicted molar refractivity (Wildman–Crippen MR) is 81.8 cm³/mol. The molecule has 0 radical (unpaired) electrons. The second-order valence-electron chi connectivity index (χ2n) is 4.98. The number of hydrogen-bond donors (Lipinski definition) is 2. The summed E-state index contributed by atoms with van der Waals surface area (Å²) in [6.07, 6.45) is 3.77. The van der Waals surface area contributed by atoms with Crippen LogP contribution in [0.1, 0.15) is 29.4 Å². The van der Waals surface area contributed by atoms with Gasteiger partial charge in [0.05, 0.1) is 5.52 Å². The molecule has 0 spiro atoms. The third kappa shape index (κ3) is 2.50. The number of carbonyl (C=O) groups excluding carboxylic acids is 1. The summed E-state index contributed by atoms with van der Waals surface area (Å²) in [6, 6.07) is 9.25. The number of nitrogens with two attached hydrogens (primary N) is 1. The average Bonchev–Trinajstić information content (AvgIpc) is 2.90. The van der Waals surface area contributed by atoms with Crippen LogP contribution in [0.2, 0.25) is 0 Å². The van der Waals surface area contributed by atoms with E-state index in [1.165, 1.54) is 0 Å². The lowest BCUT2D eigenvalue weighted by atomic mass is 10.0. The number of carbonyl (C=O) groups is 1. The smallest absolute Gasteiger partial charge is 0.248 e. The third-order valence-corrected chi connectivity index (χ3v) is 3.44. The fourth-order valence-electron chi connectivity index (χ4n) is 2.41. The van der Waals surface area contributed by atoms with Crippen LogP contribution in [0.3, 0.4) is 0 Å². The lowest BCUT2D eigenvalue weighted by Crippen LogP contribution is -2.10. The van der Waals surface area contributed by atoms with E-state index in [9.17, 15) is 4.79 Å². The molecule has 1 amide bonds. The molecule has 1 aromatic carbocycles. The first-order valence-corrected chi connectivity index (χ1v) is 6.92. The minimum absolute atomic E-state index is 0.439. The van der Waals surface area contributed by atoms with Crippen LogP contribution in [-0.4, -0.2) is 21.1 Å². The summed E-state index contributed by atoms with van der Waals surface area (Å²) >= 11 is 0. The zero-order chi connectivity index (χ0) is 14.8. The van der Waals surface area contributed by atoms with Crippen molar-refractivity contribution < 1.29 is 4.79 Å². The standard InChI is InChI=1S/C16H16N4O/c1-2-3-12-8-10(6-7-18-12)15-13-9-11(16(17)21)4-5-14(13)19-20-15/h4-9H,2-3H2,1H3,(H2,17,21)(H,19,20). The molecule has 0 atom stereocenters. The van der Waals surface area contributed by atoms with Crippen LogP contribution in [0.5, 0.6) is 0 Å². The molecular formula is C16H16N4O. The van der Waals surface area contributed by atoms with E-state index in [1.807, 2.05) is 18.2 Å². The van der Waals surface area contributed by atoms with E-state index in [2.05, 4.69) is 22.1 Å². The van der Waals surface area contributed by atoms with Gasteiger partial charge in [0.25, 0.3) is 0 Å².